The minimum Gasteiger partial charge on any atom is -0.384 e. The monoisotopic (exact) mass is 198 g/mol. The maximum Gasteiger partial charge on any atom is 0.197 e. The molecule has 1 heterocycles. The van der Waals surface area contributed by atoms with Crippen LogP contribution in [0.3, 0.4) is 0 Å². The molecule has 1 aliphatic heterocycles. The van der Waals surface area contributed by atoms with E-state index >= 15 is 0 Å². The zero-order chi connectivity index (χ0) is 10.2. The second-order valence-electron chi connectivity index (χ2n) is 4.34. The molecule has 3 nitrogen and oxygen atoms in total. The standard InChI is InChI=1S/C11H18O3/c1-3-7-13-11-6-4-5-10(11,12)9(2)8-14-11/h3,9,12H,1,4-8H2,2H3/t9-,10+,11-/m1/s1. The van der Waals surface area contributed by atoms with E-state index < -0.39 is 11.4 Å². The lowest BCUT2D eigenvalue weighted by Gasteiger charge is -2.36. The Morgan fingerprint density at radius 3 is 3.14 bits per heavy atom. The van der Waals surface area contributed by atoms with Crippen LogP contribution in [0.15, 0.2) is 12.7 Å². The maximum absolute atomic E-state index is 10.5. The van der Waals surface area contributed by atoms with Crippen LogP contribution in [0.2, 0.25) is 0 Å². The minimum atomic E-state index is -0.782. The van der Waals surface area contributed by atoms with E-state index in [9.17, 15) is 5.11 Å². The fourth-order valence-corrected chi connectivity index (χ4v) is 2.65. The Kier molecular flexibility index (Phi) is 2.41. The molecule has 3 heteroatoms. The summed E-state index contributed by atoms with van der Waals surface area (Å²) in [5, 5.41) is 10.5. The molecule has 14 heavy (non-hydrogen) atoms. The Morgan fingerprint density at radius 1 is 1.64 bits per heavy atom. The molecule has 2 rings (SSSR count). The van der Waals surface area contributed by atoms with Crippen molar-refractivity contribution < 1.29 is 14.6 Å². The molecule has 0 amide bonds. The highest BCUT2D eigenvalue weighted by molar-refractivity contribution is 5.07. The van der Waals surface area contributed by atoms with Crippen molar-refractivity contribution in [3.05, 3.63) is 12.7 Å². The summed E-state index contributed by atoms with van der Waals surface area (Å²) >= 11 is 0. The zero-order valence-electron chi connectivity index (χ0n) is 8.66. The average molecular weight is 198 g/mol. The molecule has 80 valence electrons. The molecule has 1 aliphatic carbocycles. The summed E-state index contributed by atoms with van der Waals surface area (Å²) in [7, 11) is 0. The molecule has 1 N–H and O–H groups in total. The van der Waals surface area contributed by atoms with Crippen LogP contribution < -0.4 is 0 Å². The van der Waals surface area contributed by atoms with Gasteiger partial charge in [-0.2, -0.15) is 0 Å². The van der Waals surface area contributed by atoms with Crippen molar-refractivity contribution in [2.75, 3.05) is 13.2 Å². The number of aliphatic hydroxyl groups is 1. The summed E-state index contributed by atoms with van der Waals surface area (Å²) < 4.78 is 11.3. The van der Waals surface area contributed by atoms with Crippen molar-refractivity contribution in [1.29, 1.82) is 0 Å². The van der Waals surface area contributed by atoms with Crippen LogP contribution in [0.4, 0.5) is 0 Å². The van der Waals surface area contributed by atoms with Crippen LogP contribution in [0.1, 0.15) is 26.2 Å². The second-order valence-corrected chi connectivity index (χ2v) is 4.34. The Hall–Kier alpha value is -0.380. The van der Waals surface area contributed by atoms with Crippen LogP contribution in [0.25, 0.3) is 0 Å². The van der Waals surface area contributed by atoms with Gasteiger partial charge in [-0.15, -0.1) is 6.58 Å². The van der Waals surface area contributed by atoms with Crippen LogP contribution in [-0.4, -0.2) is 29.7 Å². The number of ether oxygens (including phenoxy) is 2. The highest BCUT2D eigenvalue weighted by Crippen LogP contribution is 2.51. The Morgan fingerprint density at radius 2 is 2.43 bits per heavy atom. The Labute approximate surface area is 84.7 Å². The van der Waals surface area contributed by atoms with Gasteiger partial charge in [0, 0.05) is 12.3 Å². The highest BCUT2D eigenvalue weighted by atomic mass is 16.7. The number of hydrogen-bond donors (Lipinski definition) is 1. The Bertz CT molecular complexity index is 241. The summed E-state index contributed by atoms with van der Waals surface area (Å²) in [4.78, 5) is 0. The molecule has 0 radical (unpaired) electrons. The van der Waals surface area contributed by atoms with E-state index in [2.05, 4.69) is 6.58 Å². The molecule has 0 bridgehead atoms. The number of fused-ring (bicyclic) bond motifs is 1. The lowest BCUT2D eigenvalue weighted by Crippen LogP contribution is -2.51. The quantitative estimate of drug-likeness (QED) is 0.698. The van der Waals surface area contributed by atoms with Crippen molar-refractivity contribution in [3.8, 4) is 0 Å². The number of hydrogen-bond acceptors (Lipinski definition) is 3. The normalized spacial score (nSPS) is 46.6. The van der Waals surface area contributed by atoms with Gasteiger partial charge in [0.25, 0.3) is 0 Å². The molecule has 0 spiro atoms. The lowest BCUT2D eigenvalue weighted by molar-refractivity contribution is -0.264. The van der Waals surface area contributed by atoms with Gasteiger partial charge >= 0.3 is 0 Å². The van der Waals surface area contributed by atoms with Gasteiger partial charge in [0.2, 0.25) is 0 Å². The predicted molar refractivity (Wildman–Crippen MR) is 52.8 cm³/mol. The average Bonchev–Trinajstić information content (AvgIpc) is 2.61. The first-order chi connectivity index (χ1) is 6.65. The van der Waals surface area contributed by atoms with Gasteiger partial charge in [-0.05, 0) is 12.8 Å². The first-order valence-electron chi connectivity index (χ1n) is 5.26. The largest absolute Gasteiger partial charge is 0.384 e. The third-order valence-electron chi connectivity index (χ3n) is 3.54. The van der Waals surface area contributed by atoms with Crippen LogP contribution >= 0.6 is 0 Å². The maximum atomic E-state index is 10.5. The molecule has 1 saturated carbocycles. The van der Waals surface area contributed by atoms with Crippen LogP contribution in [-0.2, 0) is 9.47 Å². The van der Waals surface area contributed by atoms with Gasteiger partial charge in [0.15, 0.2) is 5.79 Å². The van der Waals surface area contributed by atoms with E-state index in [1.54, 1.807) is 6.08 Å². The first-order valence-corrected chi connectivity index (χ1v) is 5.26. The highest BCUT2D eigenvalue weighted by Gasteiger charge is 2.63. The molecule has 1 saturated heterocycles. The SMILES string of the molecule is C=CCO[C@@]12CCC[C@]1(O)[C@H](C)CO2. The fraction of sp³-hybridized carbons (Fsp3) is 0.818. The topological polar surface area (TPSA) is 38.7 Å². The molecule has 0 aromatic carbocycles. The van der Waals surface area contributed by atoms with Gasteiger partial charge in [-0.3, -0.25) is 0 Å². The summed E-state index contributed by atoms with van der Waals surface area (Å²) in [5.74, 6) is -0.588. The molecule has 0 aromatic heterocycles. The molecule has 0 unspecified atom stereocenters. The zero-order valence-corrected chi connectivity index (χ0v) is 8.66. The van der Waals surface area contributed by atoms with Crippen molar-refractivity contribution in [3.63, 3.8) is 0 Å². The summed E-state index contributed by atoms with van der Waals surface area (Å²) in [5.41, 5.74) is -0.782. The predicted octanol–water partition coefficient (Wildman–Crippen LogP) is 1.47. The van der Waals surface area contributed by atoms with E-state index in [-0.39, 0.29) is 5.92 Å². The van der Waals surface area contributed by atoms with Crippen molar-refractivity contribution in [2.24, 2.45) is 5.92 Å². The lowest BCUT2D eigenvalue weighted by atomic mass is 9.86. The van der Waals surface area contributed by atoms with E-state index in [0.717, 1.165) is 19.3 Å². The van der Waals surface area contributed by atoms with E-state index in [0.29, 0.717) is 13.2 Å². The van der Waals surface area contributed by atoms with E-state index in [1.165, 1.54) is 0 Å². The molecule has 3 atom stereocenters. The van der Waals surface area contributed by atoms with Gasteiger partial charge in [-0.25, -0.2) is 0 Å². The smallest absolute Gasteiger partial charge is 0.197 e. The van der Waals surface area contributed by atoms with Gasteiger partial charge in [0.1, 0.15) is 5.60 Å². The summed E-state index contributed by atoms with van der Waals surface area (Å²) in [6.07, 6.45) is 4.24. The Balaban J connectivity index is 2.19. The molecule has 2 aliphatic rings. The van der Waals surface area contributed by atoms with E-state index in [1.807, 2.05) is 6.92 Å². The molecule has 0 aromatic rings. The number of rotatable bonds is 3. The second kappa shape index (κ2) is 3.33. The fourth-order valence-electron chi connectivity index (χ4n) is 2.65. The van der Waals surface area contributed by atoms with Crippen LogP contribution in [0.5, 0.6) is 0 Å². The van der Waals surface area contributed by atoms with Crippen LogP contribution in [0, 0.1) is 5.92 Å². The van der Waals surface area contributed by atoms with Gasteiger partial charge in [0.05, 0.1) is 13.2 Å². The first kappa shape index (κ1) is 10.1. The molecule has 2 fully saturated rings. The molecular formula is C11H18O3. The van der Waals surface area contributed by atoms with E-state index in [4.69, 9.17) is 9.47 Å². The van der Waals surface area contributed by atoms with Crippen molar-refractivity contribution >= 4 is 0 Å². The van der Waals surface area contributed by atoms with Crippen molar-refractivity contribution in [1.82, 2.24) is 0 Å². The summed E-state index contributed by atoms with van der Waals surface area (Å²) in [6, 6.07) is 0. The third-order valence-corrected chi connectivity index (χ3v) is 3.54. The third kappa shape index (κ3) is 1.16. The van der Waals surface area contributed by atoms with Gasteiger partial charge < -0.3 is 14.6 Å². The minimum absolute atomic E-state index is 0.162. The molecular weight excluding hydrogens is 180 g/mol. The van der Waals surface area contributed by atoms with Crippen molar-refractivity contribution in [2.45, 2.75) is 37.6 Å². The summed E-state index contributed by atoms with van der Waals surface area (Å²) in [6.45, 7) is 6.66. The van der Waals surface area contributed by atoms with Gasteiger partial charge in [-0.1, -0.05) is 13.0 Å².